The van der Waals surface area contributed by atoms with E-state index < -0.39 is 0 Å². The number of allylic oxidation sites excluding steroid dienone is 1. The largest absolute Gasteiger partial charge is 0.392 e. The lowest BCUT2D eigenvalue weighted by atomic mass is 9.54. The van der Waals surface area contributed by atoms with Crippen molar-refractivity contribution in [2.24, 2.45) is 23.2 Å². The molecule has 2 saturated carbocycles. The smallest absolute Gasteiger partial charge is 0.0644 e. The molecule has 0 bridgehead atoms. The summed E-state index contributed by atoms with van der Waals surface area (Å²) >= 11 is 0. The lowest BCUT2D eigenvalue weighted by molar-refractivity contribution is 0.00682. The van der Waals surface area contributed by atoms with Gasteiger partial charge < -0.3 is 5.11 Å². The van der Waals surface area contributed by atoms with Gasteiger partial charge in [0.1, 0.15) is 0 Å². The van der Waals surface area contributed by atoms with E-state index in [0.717, 1.165) is 24.2 Å². The standard InChI is InChI=1S/C17H30O/c1-5-13(11-18)15-9-8-14-7-6-12(2)17(3,4)16(14)10-15/h12,14,16,18H,5-11H2,1-4H3/t12-,14+,16-/m0/s1. The maximum atomic E-state index is 9.50. The van der Waals surface area contributed by atoms with Gasteiger partial charge in [-0.1, -0.05) is 33.3 Å². The van der Waals surface area contributed by atoms with E-state index in [9.17, 15) is 5.11 Å². The van der Waals surface area contributed by atoms with Crippen molar-refractivity contribution in [2.45, 2.75) is 66.2 Å². The Morgan fingerprint density at radius 1 is 1.28 bits per heavy atom. The monoisotopic (exact) mass is 250 g/mol. The van der Waals surface area contributed by atoms with Crippen LogP contribution in [0, 0.1) is 23.2 Å². The van der Waals surface area contributed by atoms with Gasteiger partial charge in [0.05, 0.1) is 6.61 Å². The number of aliphatic hydroxyl groups is 1. The normalized spacial score (nSPS) is 38.2. The molecule has 2 aliphatic carbocycles. The van der Waals surface area contributed by atoms with Crippen molar-refractivity contribution in [1.82, 2.24) is 0 Å². The highest BCUT2D eigenvalue weighted by molar-refractivity contribution is 5.19. The van der Waals surface area contributed by atoms with Crippen LogP contribution in [0.1, 0.15) is 66.2 Å². The lowest BCUT2D eigenvalue weighted by Gasteiger charge is -2.51. The van der Waals surface area contributed by atoms with Crippen LogP contribution in [-0.2, 0) is 0 Å². The Bertz CT molecular complexity index is 321. The SMILES string of the molecule is CCC(CO)=C1CC[C@H]2CC[C@H](C)C(C)(C)[C@H]2C1. The van der Waals surface area contributed by atoms with Gasteiger partial charge in [0, 0.05) is 0 Å². The Kier molecular flexibility index (Phi) is 4.21. The molecule has 0 spiro atoms. The Morgan fingerprint density at radius 2 is 2.00 bits per heavy atom. The maximum absolute atomic E-state index is 9.50. The molecule has 0 aromatic heterocycles. The Balaban J connectivity index is 2.21. The average Bonchev–Trinajstić information content (AvgIpc) is 2.36. The highest BCUT2D eigenvalue weighted by atomic mass is 16.3. The molecule has 0 unspecified atom stereocenters. The van der Waals surface area contributed by atoms with Gasteiger partial charge in [-0.25, -0.2) is 0 Å². The van der Waals surface area contributed by atoms with Crippen LogP contribution in [-0.4, -0.2) is 11.7 Å². The molecule has 0 radical (unpaired) electrons. The van der Waals surface area contributed by atoms with E-state index in [-0.39, 0.29) is 6.61 Å². The molecule has 0 amide bonds. The number of rotatable bonds is 2. The second kappa shape index (κ2) is 5.36. The van der Waals surface area contributed by atoms with Crippen LogP contribution >= 0.6 is 0 Å². The van der Waals surface area contributed by atoms with Crippen LogP contribution in [0.2, 0.25) is 0 Å². The summed E-state index contributed by atoms with van der Waals surface area (Å²) in [7, 11) is 0. The van der Waals surface area contributed by atoms with Gasteiger partial charge in [-0.05, 0) is 67.3 Å². The summed E-state index contributed by atoms with van der Waals surface area (Å²) in [6, 6.07) is 0. The topological polar surface area (TPSA) is 20.2 Å². The first-order valence-corrected chi connectivity index (χ1v) is 7.81. The molecule has 104 valence electrons. The highest BCUT2D eigenvalue weighted by Gasteiger charge is 2.44. The summed E-state index contributed by atoms with van der Waals surface area (Å²) in [6.45, 7) is 9.84. The van der Waals surface area contributed by atoms with Gasteiger partial charge in [-0.2, -0.15) is 0 Å². The highest BCUT2D eigenvalue weighted by Crippen LogP contribution is 2.54. The van der Waals surface area contributed by atoms with E-state index in [1.807, 2.05) is 0 Å². The minimum atomic E-state index is 0.277. The van der Waals surface area contributed by atoms with Crippen LogP contribution in [0.25, 0.3) is 0 Å². The van der Waals surface area contributed by atoms with Crippen LogP contribution in [0.4, 0.5) is 0 Å². The third-order valence-corrected chi connectivity index (χ3v) is 6.17. The predicted molar refractivity (Wildman–Crippen MR) is 77.4 cm³/mol. The molecule has 1 heteroatoms. The molecule has 0 heterocycles. The molecule has 1 nitrogen and oxygen atoms in total. The third kappa shape index (κ3) is 2.39. The van der Waals surface area contributed by atoms with Gasteiger partial charge in [0.2, 0.25) is 0 Å². The van der Waals surface area contributed by atoms with Crippen molar-refractivity contribution >= 4 is 0 Å². The van der Waals surface area contributed by atoms with Gasteiger partial charge in [-0.3, -0.25) is 0 Å². The maximum Gasteiger partial charge on any atom is 0.0644 e. The number of hydrogen-bond donors (Lipinski definition) is 1. The summed E-state index contributed by atoms with van der Waals surface area (Å²) in [5, 5.41) is 9.50. The van der Waals surface area contributed by atoms with Crippen molar-refractivity contribution in [1.29, 1.82) is 0 Å². The summed E-state index contributed by atoms with van der Waals surface area (Å²) in [5.41, 5.74) is 3.38. The number of aliphatic hydroxyl groups excluding tert-OH is 1. The fourth-order valence-electron chi connectivity index (χ4n) is 4.31. The minimum absolute atomic E-state index is 0.277. The molecular weight excluding hydrogens is 220 g/mol. The van der Waals surface area contributed by atoms with Gasteiger partial charge in [-0.15, -0.1) is 0 Å². The molecule has 2 fully saturated rings. The summed E-state index contributed by atoms with van der Waals surface area (Å²) in [5.74, 6) is 2.63. The van der Waals surface area contributed by atoms with E-state index >= 15 is 0 Å². The van der Waals surface area contributed by atoms with E-state index in [0.29, 0.717) is 5.41 Å². The Hall–Kier alpha value is -0.300. The van der Waals surface area contributed by atoms with Crippen LogP contribution in [0.3, 0.4) is 0 Å². The minimum Gasteiger partial charge on any atom is -0.392 e. The zero-order chi connectivity index (χ0) is 13.3. The van der Waals surface area contributed by atoms with E-state index in [1.165, 1.54) is 37.7 Å². The number of fused-ring (bicyclic) bond motifs is 1. The molecule has 3 atom stereocenters. The van der Waals surface area contributed by atoms with Crippen LogP contribution in [0.5, 0.6) is 0 Å². The fourth-order valence-corrected chi connectivity index (χ4v) is 4.31. The van der Waals surface area contributed by atoms with Crippen molar-refractivity contribution in [3.05, 3.63) is 11.1 Å². The van der Waals surface area contributed by atoms with Gasteiger partial charge in [0.25, 0.3) is 0 Å². The van der Waals surface area contributed by atoms with Gasteiger partial charge in [0.15, 0.2) is 0 Å². The Morgan fingerprint density at radius 3 is 2.61 bits per heavy atom. The third-order valence-electron chi connectivity index (χ3n) is 6.17. The second-order valence-corrected chi connectivity index (χ2v) is 7.13. The molecule has 2 rings (SSSR count). The molecule has 2 aliphatic rings. The van der Waals surface area contributed by atoms with E-state index in [1.54, 1.807) is 5.57 Å². The quantitative estimate of drug-likeness (QED) is 0.712. The molecule has 0 aromatic carbocycles. The summed E-state index contributed by atoms with van der Waals surface area (Å²) in [6.07, 6.45) is 7.73. The van der Waals surface area contributed by atoms with Crippen molar-refractivity contribution in [3.63, 3.8) is 0 Å². The van der Waals surface area contributed by atoms with E-state index in [2.05, 4.69) is 27.7 Å². The van der Waals surface area contributed by atoms with Crippen molar-refractivity contribution in [3.8, 4) is 0 Å². The van der Waals surface area contributed by atoms with Crippen LogP contribution < -0.4 is 0 Å². The molecule has 18 heavy (non-hydrogen) atoms. The van der Waals surface area contributed by atoms with Crippen molar-refractivity contribution in [2.75, 3.05) is 6.61 Å². The number of hydrogen-bond acceptors (Lipinski definition) is 1. The Labute approximate surface area is 113 Å². The lowest BCUT2D eigenvalue weighted by Crippen LogP contribution is -2.42. The molecule has 0 aromatic rings. The van der Waals surface area contributed by atoms with Crippen molar-refractivity contribution < 1.29 is 5.11 Å². The fraction of sp³-hybridized carbons (Fsp3) is 0.882. The van der Waals surface area contributed by atoms with Crippen LogP contribution in [0.15, 0.2) is 11.1 Å². The summed E-state index contributed by atoms with van der Waals surface area (Å²) < 4.78 is 0. The molecule has 0 saturated heterocycles. The summed E-state index contributed by atoms with van der Waals surface area (Å²) in [4.78, 5) is 0. The first-order valence-electron chi connectivity index (χ1n) is 7.81. The predicted octanol–water partition coefficient (Wildman–Crippen LogP) is 4.56. The van der Waals surface area contributed by atoms with Gasteiger partial charge >= 0.3 is 0 Å². The zero-order valence-electron chi connectivity index (χ0n) is 12.6. The first kappa shape index (κ1) is 14.1. The molecule has 1 N–H and O–H groups in total. The molecular formula is C17H30O. The van der Waals surface area contributed by atoms with E-state index in [4.69, 9.17) is 0 Å². The average molecular weight is 250 g/mol. The zero-order valence-corrected chi connectivity index (χ0v) is 12.6. The second-order valence-electron chi connectivity index (χ2n) is 7.13. The first-order chi connectivity index (χ1) is 8.50. The molecule has 0 aliphatic heterocycles.